The van der Waals surface area contributed by atoms with Gasteiger partial charge in [0.2, 0.25) is 5.91 Å². The number of H-pyrrole nitrogens is 1. The van der Waals surface area contributed by atoms with Gasteiger partial charge in [-0.05, 0) is 98.2 Å². The van der Waals surface area contributed by atoms with Crippen LogP contribution in [0.15, 0.2) is 33.7 Å². The lowest BCUT2D eigenvalue weighted by atomic mass is 9.91. The molecule has 12 heteroatoms. The number of hydrogen-bond donors (Lipinski definition) is 7. The highest BCUT2D eigenvalue weighted by Gasteiger charge is 2.47. The second-order valence-electron chi connectivity index (χ2n) is 12.4. The van der Waals surface area contributed by atoms with Crippen molar-refractivity contribution in [2.24, 2.45) is 11.8 Å². The Morgan fingerprint density at radius 2 is 1.62 bits per heavy atom. The molecule has 45 heavy (non-hydrogen) atoms. The maximum Gasteiger partial charge on any atom is 0.303 e. The molecule has 1 aromatic heterocycles. The van der Waals surface area contributed by atoms with Gasteiger partial charge >= 0.3 is 11.9 Å². The lowest BCUT2D eigenvalue weighted by Crippen LogP contribution is -2.36. The fraction of sp³-hybridized carbons (Fsp3) is 0.515. The molecule has 5 rings (SSSR count). The Bertz CT molecular complexity index is 1550. The topological polar surface area (TPSA) is 161 Å². The first-order valence-corrected chi connectivity index (χ1v) is 17.4. The number of nitrogens with one attached hydrogen (secondary N) is 4. The van der Waals surface area contributed by atoms with Crippen LogP contribution in [0.4, 0.5) is 0 Å². The molecule has 6 N–H and O–H groups in total. The van der Waals surface area contributed by atoms with Crippen LogP contribution < -0.4 is 16.0 Å². The summed E-state index contributed by atoms with van der Waals surface area (Å²) in [5.41, 5.74) is 8.86. The van der Waals surface area contributed by atoms with Gasteiger partial charge in [0.25, 0.3) is 5.91 Å². The molecule has 10 nitrogen and oxygen atoms in total. The number of carbonyl (C=O) groups excluding carboxylic acids is 2. The van der Waals surface area contributed by atoms with Crippen molar-refractivity contribution in [3.05, 3.63) is 56.2 Å². The van der Waals surface area contributed by atoms with Crippen LogP contribution in [0.1, 0.15) is 75.4 Å². The van der Waals surface area contributed by atoms with Crippen LogP contribution in [0, 0.1) is 18.8 Å². The lowest BCUT2D eigenvalue weighted by Gasteiger charge is -2.20. The summed E-state index contributed by atoms with van der Waals surface area (Å²) in [5, 5.41) is 29.1. The Morgan fingerprint density at radius 3 is 2.24 bits per heavy atom. The molecular formula is C33H43N4O6S2+. The first-order valence-electron chi connectivity index (χ1n) is 15.6. The van der Waals surface area contributed by atoms with E-state index in [1.54, 1.807) is 0 Å². The summed E-state index contributed by atoms with van der Waals surface area (Å²) < 4.78 is 0. The second kappa shape index (κ2) is 13.5. The van der Waals surface area contributed by atoms with E-state index in [0.29, 0.717) is 30.3 Å². The molecule has 2 fully saturated rings. The van der Waals surface area contributed by atoms with Crippen LogP contribution in [0.3, 0.4) is 0 Å². The third-order valence-corrected chi connectivity index (χ3v) is 11.0. The van der Waals surface area contributed by atoms with Gasteiger partial charge in [0.1, 0.15) is 0 Å². The van der Waals surface area contributed by atoms with Crippen LogP contribution >= 0.6 is 12.6 Å². The standard InChI is InChI=1S/C33H42N4O6S2/c1-5-18-21(13-44)32(42)37-25(18)11-23-16(3)20(7-9-30(40)41)27(35-23)12-26-19(6-8-29(38)39)15(2)22(34-26)10-24-17(4)31(28-14-45-28)33(43)36-24/h11-12,18,21-22,24,28,34-35,44H,5-10,13-14H2,1-4H3,(H,36,43)(H,37,42)(H,38,39)(H,40,41)/p+1/b25-11-,26-12-/t18-,21-,22?,24-,28-/m1/s1. The third-order valence-electron chi connectivity index (χ3n) is 9.66. The molecule has 242 valence electrons. The van der Waals surface area contributed by atoms with E-state index in [1.807, 2.05) is 39.8 Å². The summed E-state index contributed by atoms with van der Waals surface area (Å²) in [7, 11) is 0. The summed E-state index contributed by atoms with van der Waals surface area (Å²) in [6.45, 7) is 8.03. The van der Waals surface area contributed by atoms with E-state index in [4.69, 9.17) is 0 Å². The minimum Gasteiger partial charge on any atom is -0.481 e. The highest BCUT2D eigenvalue weighted by atomic mass is 32.2. The number of amides is 2. The summed E-state index contributed by atoms with van der Waals surface area (Å²) in [4.78, 5) is 52.0. The van der Waals surface area contributed by atoms with E-state index in [-0.39, 0.29) is 48.6 Å². The number of thiol groups is 2. The maximum atomic E-state index is 12.7. The van der Waals surface area contributed by atoms with Gasteiger partial charge in [-0.1, -0.05) is 6.92 Å². The van der Waals surface area contributed by atoms with Crippen molar-refractivity contribution in [2.45, 2.75) is 83.6 Å². The molecule has 5 heterocycles. The number of rotatable bonds is 13. The molecule has 0 saturated carbocycles. The van der Waals surface area contributed by atoms with E-state index >= 15 is 0 Å². The molecule has 0 spiro atoms. The average molecular weight is 656 g/mol. The molecular weight excluding hydrogens is 613 g/mol. The van der Waals surface area contributed by atoms with Gasteiger partial charge in [0, 0.05) is 53.3 Å². The van der Waals surface area contributed by atoms with Crippen molar-refractivity contribution in [3.63, 3.8) is 0 Å². The van der Waals surface area contributed by atoms with Crippen LogP contribution in [0.2, 0.25) is 0 Å². The van der Waals surface area contributed by atoms with Gasteiger partial charge < -0.3 is 31.1 Å². The minimum absolute atomic E-state index is 0.0148. The Kier molecular flexibility index (Phi) is 9.93. The quantitative estimate of drug-likeness (QED) is 0.0976. The van der Waals surface area contributed by atoms with Gasteiger partial charge in [0.15, 0.2) is 11.0 Å². The van der Waals surface area contributed by atoms with E-state index in [1.165, 1.54) is 11.8 Å². The van der Waals surface area contributed by atoms with Gasteiger partial charge in [0.05, 0.1) is 17.5 Å². The van der Waals surface area contributed by atoms with Crippen molar-refractivity contribution >= 4 is 60.3 Å². The number of aromatic amines is 1. The second-order valence-corrected chi connectivity index (χ2v) is 14.1. The molecule has 2 saturated heterocycles. The van der Waals surface area contributed by atoms with E-state index in [2.05, 4.69) is 33.6 Å². The van der Waals surface area contributed by atoms with Gasteiger partial charge in [-0.3, -0.25) is 19.2 Å². The van der Waals surface area contributed by atoms with Crippen molar-refractivity contribution < 1.29 is 29.4 Å². The molecule has 4 aliphatic rings. The fourth-order valence-electron chi connectivity index (χ4n) is 6.95. The number of aromatic nitrogens is 1. The van der Waals surface area contributed by atoms with Gasteiger partial charge in [-0.15, -0.1) is 0 Å². The van der Waals surface area contributed by atoms with Crippen LogP contribution in [-0.2, 0) is 37.4 Å². The molecule has 0 bridgehead atoms. The summed E-state index contributed by atoms with van der Waals surface area (Å²) in [6.07, 6.45) is 5.89. The zero-order valence-electron chi connectivity index (χ0n) is 26.1. The smallest absolute Gasteiger partial charge is 0.303 e. The monoisotopic (exact) mass is 655 g/mol. The van der Waals surface area contributed by atoms with Gasteiger partial charge in [-0.25, -0.2) is 0 Å². The minimum atomic E-state index is -0.899. The molecule has 4 aliphatic heterocycles. The Balaban J connectivity index is 1.50. The number of hydrogen-bond acceptors (Lipinski definition) is 6. The summed E-state index contributed by atoms with van der Waals surface area (Å²) in [6, 6.07) is -0.198. The van der Waals surface area contributed by atoms with Crippen molar-refractivity contribution in [1.82, 2.24) is 20.9 Å². The number of carboxylic acid groups (broad SMARTS) is 2. The summed E-state index contributed by atoms with van der Waals surface area (Å²) >= 11 is 5.69. The van der Waals surface area contributed by atoms with Crippen LogP contribution in [0.5, 0.6) is 0 Å². The van der Waals surface area contributed by atoms with Crippen LogP contribution in [0.25, 0.3) is 12.2 Å². The van der Waals surface area contributed by atoms with Crippen molar-refractivity contribution in [2.75, 3.05) is 11.5 Å². The highest BCUT2D eigenvalue weighted by molar-refractivity contribution is 7.87. The molecule has 2 amide bonds. The Labute approximate surface area is 273 Å². The maximum absolute atomic E-state index is 12.7. The predicted molar refractivity (Wildman–Crippen MR) is 180 cm³/mol. The first-order chi connectivity index (χ1) is 21.4. The molecule has 5 atom stereocenters. The lowest BCUT2D eigenvalue weighted by molar-refractivity contribution is -0.138. The largest absolute Gasteiger partial charge is 0.481 e. The number of allylic oxidation sites excluding steroid dienone is 2. The van der Waals surface area contributed by atoms with Crippen LogP contribution in [-0.4, -0.2) is 67.8 Å². The molecule has 1 unspecified atom stereocenters. The molecule has 0 aliphatic carbocycles. The number of carbonyl (C=O) groups is 4. The average Bonchev–Trinajstić information content (AvgIpc) is 3.53. The Morgan fingerprint density at radius 1 is 0.956 bits per heavy atom. The summed E-state index contributed by atoms with van der Waals surface area (Å²) in [5.74, 6) is -0.526. The third kappa shape index (κ3) is 6.91. The molecule has 0 radical (unpaired) electrons. The Hall–Kier alpha value is -3.38. The number of carboxylic acids is 2. The molecule has 0 aromatic carbocycles. The normalized spacial score (nSPS) is 27.9. The highest BCUT2D eigenvalue weighted by Crippen LogP contribution is 2.37. The first kappa shape index (κ1) is 33.0. The molecule has 1 aromatic rings. The van der Waals surface area contributed by atoms with Crippen molar-refractivity contribution in [1.29, 1.82) is 0 Å². The zero-order valence-corrected chi connectivity index (χ0v) is 27.9. The number of aliphatic carboxylic acids is 2. The SMILES string of the molecule is CC[C@H]1/C(=C/c2[nH]c(/C=C3\NC(C[C@H]4NC(=O)C([C@H]5C[SH+]5)=C4C)C(C)=C3CCC(=O)O)c(CCC(=O)O)c2C)NC(=O)[C@@H]1CS. The fourth-order valence-corrected chi connectivity index (χ4v) is 8.16. The van der Waals surface area contributed by atoms with E-state index < -0.39 is 11.9 Å². The van der Waals surface area contributed by atoms with E-state index in [0.717, 1.165) is 68.4 Å². The van der Waals surface area contributed by atoms with Gasteiger partial charge in [-0.2, -0.15) is 12.6 Å². The zero-order chi connectivity index (χ0) is 32.6. The van der Waals surface area contributed by atoms with Crippen molar-refractivity contribution in [3.8, 4) is 0 Å². The van der Waals surface area contributed by atoms with E-state index in [9.17, 15) is 29.4 Å². The predicted octanol–water partition coefficient (Wildman–Crippen LogP) is 3.28.